The Hall–Kier alpha value is -0.770. The zero-order valence-electron chi connectivity index (χ0n) is 10.8. The second-order valence-electron chi connectivity index (χ2n) is 4.83. The fraction of sp³-hybridized carbons (Fsp3) is 0.917. The largest absolute Gasteiger partial charge is 0.450 e. The number of piperidine rings is 1. The molecule has 1 saturated heterocycles. The lowest BCUT2D eigenvalue weighted by molar-refractivity contribution is 0.0716. The van der Waals surface area contributed by atoms with Gasteiger partial charge in [0.25, 0.3) is 0 Å². The van der Waals surface area contributed by atoms with Crippen molar-refractivity contribution in [2.45, 2.75) is 33.2 Å². The highest BCUT2D eigenvalue weighted by Gasteiger charge is 2.31. The van der Waals surface area contributed by atoms with Crippen molar-refractivity contribution in [2.24, 2.45) is 11.8 Å². The van der Waals surface area contributed by atoms with E-state index in [2.05, 4.69) is 19.2 Å². The van der Waals surface area contributed by atoms with Gasteiger partial charge in [-0.2, -0.15) is 0 Å². The van der Waals surface area contributed by atoms with Gasteiger partial charge in [0.2, 0.25) is 0 Å². The Balaban J connectivity index is 2.60. The van der Waals surface area contributed by atoms with Crippen molar-refractivity contribution in [3.8, 4) is 0 Å². The third-order valence-corrected chi connectivity index (χ3v) is 3.36. The molecule has 0 saturated carbocycles. The maximum atomic E-state index is 11.7. The minimum atomic E-state index is -0.173. The van der Waals surface area contributed by atoms with Crippen LogP contribution >= 0.6 is 0 Å². The summed E-state index contributed by atoms with van der Waals surface area (Å²) in [6, 6.07) is 0.394. The van der Waals surface area contributed by atoms with Crippen molar-refractivity contribution in [3.63, 3.8) is 0 Å². The van der Waals surface area contributed by atoms with E-state index >= 15 is 0 Å². The van der Waals surface area contributed by atoms with E-state index in [1.165, 1.54) is 0 Å². The molecule has 4 nitrogen and oxygen atoms in total. The average Bonchev–Trinajstić information content (AvgIpc) is 2.28. The Labute approximate surface area is 98.3 Å². The first kappa shape index (κ1) is 13.3. The molecule has 1 aliphatic rings. The van der Waals surface area contributed by atoms with Gasteiger partial charge in [0.05, 0.1) is 6.61 Å². The minimum Gasteiger partial charge on any atom is -0.450 e. The van der Waals surface area contributed by atoms with Gasteiger partial charge >= 0.3 is 6.09 Å². The average molecular weight is 228 g/mol. The second-order valence-corrected chi connectivity index (χ2v) is 4.83. The molecule has 4 heteroatoms. The number of nitrogens with one attached hydrogen (secondary N) is 1. The van der Waals surface area contributed by atoms with Crippen LogP contribution in [0.5, 0.6) is 0 Å². The summed E-state index contributed by atoms with van der Waals surface area (Å²) in [6.45, 7) is 8.31. The van der Waals surface area contributed by atoms with Crippen LogP contribution in [0.3, 0.4) is 0 Å². The van der Waals surface area contributed by atoms with Crippen LogP contribution < -0.4 is 5.32 Å². The first-order valence-corrected chi connectivity index (χ1v) is 6.17. The second kappa shape index (κ2) is 6.09. The minimum absolute atomic E-state index is 0.173. The molecular formula is C12H24N2O2. The number of likely N-dealkylation sites (tertiary alicyclic amines) is 1. The number of hydrogen-bond donors (Lipinski definition) is 1. The number of carbonyl (C=O) groups excluding carboxylic acids is 1. The Morgan fingerprint density at radius 2 is 2.19 bits per heavy atom. The van der Waals surface area contributed by atoms with Crippen LogP contribution in [0, 0.1) is 11.8 Å². The maximum absolute atomic E-state index is 11.7. The van der Waals surface area contributed by atoms with E-state index < -0.39 is 0 Å². The van der Waals surface area contributed by atoms with Crippen LogP contribution in [-0.2, 0) is 4.74 Å². The molecule has 0 bridgehead atoms. The highest BCUT2D eigenvalue weighted by Crippen LogP contribution is 2.24. The summed E-state index contributed by atoms with van der Waals surface area (Å²) in [4.78, 5) is 13.5. The summed E-state index contributed by atoms with van der Waals surface area (Å²) in [5.74, 6) is 1.17. The Morgan fingerprint density at radius 3 is 2.69 bits per heavy atom. The predicted molar refractivity (Wildman–Crippen MR) is 64.4 cm³/mol. The van der Waals surface area contributed by atoms with Gasteiger partial charge in [-0.3, -0.25) is 0 Å². The summed E-state index contributed by atoms with van der Waals surface area (Å²) in [5.41, 5.74) is 0. The summed E-state index contributed by atoms with van der Waals surface area (Å²) in [6.07, 6.45) is 0.970. The lowest BCUT2D eigenvalue weighted by Crippen LogP contribution is -2.51. The Morgan fingerprint density at radius 1 is 1.50 bits per heavy atom. The summed E-state index contributed by atoms with van der Waals surface area (Å²) < 4.78 is 5.06. The summed E-state index contributed by atoms with van der Waals surface area (Å²) >= 11 is 0. The van der Waals surface area contributed by atoms with E-state index in [4.69, 9.17) is 4.74 Å². The molecule has 1 rings (SSSR count). The molecular weight excluding hydrogens is 204 g/mol. The third kappa shape index (κ3) is 3.37. The quantitative estimate of drug-likeness (QED) is 0.799. The number of carbonyl (C=O) groups is 1. The fourth-order valence-electron chi connectivity index (χ4n) is 2.19. The van der Waals surface area contributed by atoms with Gasteiger partial charge in [0.1, 0.15) is 0 Å². The van der Waals surface area contributed by atoms with Crippen molar-refractivity contribution < 1.29 is 9.53 Å². The van der Waals surface area contributed by atoms with Gasteiger partial charge in [0.15, 0.2) is 0 Å². The smallest absolute Gasteiger partial charge is 0.409 e. The molecule has 2 unspecified atom stereocenters. The van der Waals surface area contributed by atoms with E-state index in [1.54, 1.807) is 0 Å². The van der Waals surface area contributed by atoms with Crippen LogP contribution in [0.15, 0.2) is 0 Å². The van der Waals surface area contributed by atoms with E-state index in [9.17, 15) is 4.79 Å². The van der Waals surface area contributed by atoms with Gasteiger partial charge in [0, 0.05) is 19.1 Å². The zero-order valence-corrected chi connectivity index (χ0v) is 10.8. The third-order valence-electron chi connectivity index (χ3n) is 3.36. The highest BCUT2D eigenvalue weighted by molar-refractivity contribution is 5.67. The number of ether oxygens (including phenoxy) is 1. The molecule has 1 amide bonds. The maximum Gasteiger partial charge on any atom is 0.409 e. The number of hydrogen-bond acceptors (Lipinski definition) is 3. The molecule has 2 atom stereocenters. The van der Waals surface area contributed by atoms with Gasteiger partial charge in [-0.15, -0.1) is 0 Å². The Kier molecular flexibility index (Phi) is 5.06. The van der Waals surface area contributed by atoms with Crippen molar-refractivity contribution in [1.82, 2.24) is 10.2 Å². The molecule has 16 heavy (non-hydrogen) atoms. The molecule has 0 spiro atoms. The Bertz CT molecular complexity index is 231. The van der Waals surface area contributed by atoms with Crippen molar-refractivity contribution >= 4 is 6.09 Å². The predicted octanol–water partition coefficient (Wildman–Crippen LogP) is 1.71. The lowest BCUT2D eigenvalue weighted by Gasteiger charge is -2.38. The van der Waals surface area contributed by atoms with Gasteiger partial charge in [-0.1, -0.05) is 13.8 Å². The highest BCUT2D eigenvalue weighted by atomic mass is 16.6. The number of rotatable bonds is 3. The monoisotopic (exact) mass is 228 g/mol. The van der Waals surface area contributed by atoms with E-state index in [-0.39, 0.29) is 6.09 Å². The number of amides is 1. The standard InChI is InChI=1S/C12H24N2O2/c1-5-16-12(15)14-7-10(9(2)3)6-11(8-14)13-4/h9-11,13H,5-8H2,1-4H3. The van der Waals surface area contributed by atoms with Crippen LogP contribution in [-0.4, -0.2) is 43.8 Å². The number of nitrogens with zero attached hydrogens (tertiary/aromatic N) is 1. The molecule has 0 aliphatic carbocycles. The molecule has 0 aromatic carbocycles. The van der Waals surface area contributed by atoms with Crippen molar-refractivity contribution in [3.05, 3.63) is 0 Å². The van der Waals surface area contributed by atoms with E-state index in [0.29, 0.717) is 24.5 Å². The van der Waals surface area contributed by atoms with Crippen LogP contribution in [0.2, 0.25) is 0 Å². The summed E-state index contributed by atoms with van der Waals surface area (Å²) in [7, 11) is 1.96. The zero-order chi connectivity index (χ0) is 12.1. The molecule has 0 aromatic rings. The van der Waals surface area contributed by atoms with Gasteiger partial charge in [-0.25, -0.2) is 4.79 Å². The van der Waals surface area contributed by atoms with Crippen molar-refractivity contribution in [1.29, 1.82) is 0 Å². The molecule has 1 fully saturated rings. The van der Waals surface area contributed by atoms with Crippen LogP contribution in [0.4, 0.5) is 4.79 Å². The molecule has 1 N–H and O–H groups in total. The molecule has 0 radical (unpaired) electrons. The van der Waals surface area contributed by atoms with Crippen molar-refractivity contribution in [2.75, 3.05) is 26.7 Å². The number of likely N-dealkylation sites (N-methyl/N-ethyl adjacent to an activating group) is 1. The SMILES string of the molecule is CCOC(=O)N1CC(NC)CC(C(C)C)C1. The fourth-order valence-corrected chi connectivity index (χ4v) is 2.19. The normalized spacial score (nSPS) is 25.9. The lowest BCUT2D eigenvalue weighted by atomic mass is 9.86. The summed E-state index contributed by atoms with van der Waals surface area (Å²) in [5, 5.41) is 3.27. The van der Waals surface area contributed by atoms with Crippen LogP contribution in [0.1, 0.15) is 27.2 Å². The first-order valence-electron chi connectivity index (χ1n) is 6.17. The molecule has 94 valence electrons. The van der Waals surface area contributed by atoms with E-state index in [0.717, 1.165) is 19.5 Å². The molecule has 1 heterocycles. The van der Waals surface area contributed by atoms with E-state index in [1.807, 2.05) is 18.9 Å². The first-order chi connectivity index (χ1) is 7.58. The molecule has 0 aromatic heterocycles. The molecule has 1 aliphatic heterocycles. The van der Waals surface area contributed by atoms with Crippen LogP contribution in [0.25, 0.3) is 0 Å². The topological polar surface area (TPSA) is 41.6 Å². The van der Waals surface area contributed by atoms with Gasteiger partial charge in [-0.05, 0) is 32.2 Å². The van der Waals surface area contributed by atoms with Gasteiger partial charge < -0.3 is 15.0 Å².